The second-order valence-electron chi connectivity index (χ2n) is 10.3. The molecular formula is C28H33F3N6O. The van der Waals surface area contributed by atoms with Gasteiger partial charge in [-0.3, -0.25) is 4.79 Å². The topological polar surface area (TPSA) is 85.9 Å². The van der Waals surface area contributed by atoms with Crippen molar-refractivity contribution in [1.82, 2.24) is 25.2 Å². The van der Waals surface area contributed by atoms with Crippen LogP contribution < -0.4 is 10.6 Å². The number of alkyl halides is 3. The number of carbonyl (C=O) groups is 1. The van der Waals surface area contributed by atoms with E-state index in [9.17, 15) is 18.0 Å². The molecule has 10 heteroatoms. The normalized spacial score (nSPS) is 21.0. The van der Waals surface area contributed by atoms with E-state index in [-0.39, 0.29) is 23.6 Å². The molecule has 1 amide bonds. The standard InChI is InChI=1S/C28H33F3N6O/c1-2-25(38)37-12-10-18(11-13-37)15-32-19-6-5-7-20(14-19)35-27-34-17-23(28(29,30)31)26(36-27)22-16-33-24-9-4-3-8-21(22)24/h2-4,8-9,16-20,32-33H,1,5-7,10-15H2,(H,34,35,36)/t19-,20+/m0/s1. The highest BCUT2D eigenvalue weighted by molar-refractivity contribution is 5.95. The maximum atomic E-state index is 13.9. The lowest BCUT2D eigenvalue weighted by molar-refractivity contribution is -0.137. The second-order valence-corrected chi connectivity index (χ2v) is 10.3. The number of H-pyrrole nitrogens is 1. The first-order chi connectivity index (χ1) is 18.3. The molecule has 3 aromatic rings. The molecule has 7 nitrogen and oxygen atoms in total. The number of carbonyl (C=O) groups excluding carboxylic acids is 1. The van der Waals surface area contributed by atoms with Gasteiger partial charge >= 0.3 is 6.18 Å². The van der Waals surface area contributed by atoms with Crippen LogP contribution in [0.3, 0.4) is 0 Å². The number of likely N-dealkylation sites (tertiary alicyclic amines) is 1. The molecule has 38 heavy (non-hydrogen) atoms. The molecule has 1 aliphatic carbocycles. The monoisotopic (exact) mass is 526 g/mol. The summed E-state index contributed by atoms with van der Waals surface area (Å²) in [6.45, 7) is 5.98. The van der Waals surface area contributed by atoms with Gasteiger partial charge in [-0.25, -0.2) is 9.97 Å². The van der Waals surface area contributed by atoms with Gasteiger partial charge in [0.2, 0.25) is 11.9 Å². The Balaban J connectivity index is 1.24. The molecule has 2 aliphatic rings. The summed E-state index contributed by atoms with van der Waals surface area (Å²) in [5.74, 6) is 0.730. The van der Waals surface area contributed by atoms with E-state index in [4.69, 9.17) is 0 Å². The van der Waals surface area contributed by atoms with Crippen LogP contribution in [0.15, 0.2) is 49.3 Å². The minimum Gasteiger partial charge on any atom is -0.360 e. The minimum atomic E-state index is -4.57. The molecule has 1 aromatic carbocycles. The van der Waals surface area contributed by atoms with Crippen LogP contribution in [0.1, 0.15) is 44.1 Å². The Kier molecular flexibility index (Phi) is 7.69. The molecule has 2 aromatic heterocycles. The predicted molar refractivity (Wildman–Crippen MR) is 141 cm³/mol. The highest BCUT2D eigenvalue weighted by atomic mass is 19.4. The molecule has 0 spiro atoms. The Morgan fingerprint density at radius 1 is 1.16 bits per heavy atom. The highest BCUT2D eigenvalue weighted by Crippen LogP contribution is 2.38. The summed E-state index contributed by atoms with van der Waals surface area (Å²) in [6.07, 6.45) is 5.03. The van der Waals surface area contributed by atoms with E-state index in [1.54, 1.807) is 18.3 Å². The summed E-state index contributed by atoms with van der Waals surface area (Å²) in [5.41, 5.74) is 0.182. The number of hydrogen-bond acceptors (Lipinski definition) is 5. The highest BCUT2D eigenvalue weighted by Gasteiger charge is 2.36. The van der Waals surface area contributed by atoms with E-state index in [2.05, 4.69) is 32.2 Å². The smallest absolute Gasteiger partial charge is 0.360 e. The van der Waals surface area contributed by atoms with E-state index in [1.165, 1.54) is 6.08 Å². The van der Waals surface area contributed by atoms with Crippen LogP contribution in [-0.4, -0.2) is 57.5 Å². The van der Waals surface area contributed by atoms with Gasteiger partial charge in [-0.15, -0.1) is 0 Å². The van der Waals surface area contributed by atoms with Crippen molar-refractivity contribution in [2.24, 2.45) is 5.92 Å². The number of fused-ring (bicyclic) bond motifs is 1. The van der Waals surface area contributed by atoms with Gasteiger partial charge in [0.05, 0.1) is 5.69 Å². The zero-order chi connectivity index (χ0) is 26.7. The number of nitrogens with one attached hydrogen (secondary N) is 3. The van der Waals surface area contributed by atoms with Crippen molar-refractivity contribution in [2.45, 2.75) is 56.8 Å². The quantitative estimate of drug-likeness (QED) is 0.360. The number of rotatable bonds is 7. The largest absolute Gasteiger partial charge is 0.419 e. The maximum absolute atomic E-state index is 13.9. The van der Waals surface area contributed by atoms with Gasteiger partial charge in [0.15, 0.2) is 0 Å². The van der Waals surface area contributed by atoms with Crippen molar-refractivity contribution in [3.63, 3.8) is 0 Å². The Hall–Kier alpha value is -3.40. The fourth-order valence-electron chi connectivity index (χ4n) is 5.64. The second kappa shape index (κ2) is 11.1. The van der Waals surface area contributed by atoms with Gasteiger partial charge in [-0.2, -0.15) is 13.2 Å². The first kappa shape index (κ1) is 26.2. The fraction of sp³-hybridized carbons (Fsp3) is 0.464. The maximum Gasteiger partial charge on any atom is 0.419 e. The van der Waals surface area contributed by atoms with E-state index in [0.717, 1.165) is 69.9 Å². The van der Waals surface area contributed by atoms with E-state index >= 15 is 0 Å². The van der Waals surface area contributed by atoms with Crippen molar-refractivity contribution < 1.29 is 18.0 Å². The first-order valence-corrected chi connectivity index (χ1v) is 13.2. The van der Waals surface area contributed by atoms with Gasteiger partial charge in [0, 0.05) is 54.0 Å². The van der Waals surface area contributed by atoms with Crippen molar-refractivity contribution in [3.05, 3.63) is 54.9 Å². The molecule has 2 atom stereocenters. The van der Waals surface area contributed by atoms with Crippen molar-refractivity contribution in [1.29, 1.82) is 0 Å². The molecule has 1 saturated heterocycles. The zero-order valence-corrected chi connectivity index (χ0v) is 21.2. The van der Waals surface area contributed by atoms with Gasteiger partial charge in [0.25, 0.3) is 0 Å². The average Bonchev–Trinajstić information content (AvgIpc) is 3.35. The number of hydrogen-bond donors (Lipinski definition) is 3. The first-order valence-electron chi connectivity index (χ1n) is 13.2. The van der Waals surface area contributed by atoms with Gasteiger partial charge in [-0.1, -0.05) is 24.8 Å². The lowest BCUT2D eigenvalue weighted by atomic mass is 9.90. The fourth-order valence-corrected chi connectivity index (χ4v) is 5.64. The third-order valence-corrected chi connectivity index (χ3v) is 7.74. The lowest BCUT2D eigenvalue weighted by Crippen LogP contribution is -2.44. The lowest BCUT2D eigenvalue weighted by Gasteiger charge is -2.34. The van der Waals surface area contributed by atoms with Crippen molar-refractivity contribution in [2.75, 3.05) is 25.0 Å². The Labute approximate surface area is 219 Å². The molecule has 5 rings (SSSR count). The molecule has 3 heterocycles. The van der Waals surface area contributed by atoms with E-state index in [0.29, 0.717) is 22.9 Å². The summed E-state index contributed by atoms with van der Waals surface area (Å²) in [6, 6.07) is 7.63. The van der Waals surface area contributed by atoms with Gasteiger partial charge in [-0.05, 0) is 63.1 Å². The number of aromatic amines is 1. The van der Waals surface area contributed by atoms with Crippen LogP contribution in [0.4, 0.5) is 19.1 Å². The summed E-state index contributed by atoms with van der Waals surface area (Å²) < 4.78 is 41.6. The van der Waals surface area contributed by atoms with Crippen LogP contribution in [-0.2, 0) is 11.0 Å². The average molecular weight is 527 g/mol. The Bertz CT molecular complexity index is 1280. The number of para-hydroxylation sites is 1. The summed E-state index contributed by atoms with van der Waals surface area (Å²) in [5, 5.41) is 7.68. The molecule has 202 valence electrons. The SMILES string of the molecule is C=CC(=O)N1CCC(CN[C@H]2CCC[C@@H](Nc3ncc(C(F)(F)F)c(-c4c[nH]c5ccccc45)n3)C2)CC1. The predicted octanol–water partition coefficient (Wildman–Crippen LogP) is 5.38. The van der Waals surface area contributed by atoms with Crippen LogP contribution in [0.25, 0.3) is 22.2 Å². The third-order valence-electron chi connectivity index (χ3n) is 7.74. The van der Waals surface area contributed by atoms with Crippen LogP contribution in [0.5, 0.6) is 0 Å². The molecular weight excluding hydrogens is 493 g/mol. The number of piperidine rings is 1. The summed E-state index contributed by atoms with van der Waals surface area (Å²) >= 11 is 0. The third kappa shape index (κ3) is 5.85. The number of benzene rings is 1. The molecule has 1 aliphatic heterocycles. The Morgan fingerprint density at radius 2 is 1.92 bits per heavy atom. The molecule has 2 fully saturated rings. The van der Waals surface area contributed by atoms with Crippen LogP contribution in [0, 0.1) is 5.92 Å². The van der Waals surface area contributed by atoms with Gasteiger partial charge in [0.1, 0.15) is 5.56 Å². The minimum absolute atomic E-state index is 0.00376. The van der Waals surface area contributed by atoms with Crippen molar-refractivity contribution >= 4 is 22.8 Å². The van der Waals surface area contributed by atoms with Crippen molar-refractivity contribution in [3.8, 4) is 11.3 Å². The molecule has 0 unspecified atom stereocenters. The van der Waals surface area contributed by atoms with Crippen LogP contribution >= 0.6 is 0 Å². The number of amides is 1. The van der Waals surface area contributed by atoms with E-state index < -0.39 is 11.7 Å². The Morgan fingerprint density at radius 3 is 2.68 bits per heavy atom. The van der Waals surface area contributed by atoms with Crippen LogP contribution in [0.2, 0.25) is 0 Å². The molecule has 3 N–H and O–H groups in total. The number of anilines is 1. The molecule has 1 saturated carbocycles. The number of nitrogens with zero attached hydrogens (tertiary/aromatic N) is 3. The van der Waals surface area contributed by atoms with E-state index in [1.807, 2.05) is 17.0 Å². The summed E-state index contributed by atoms with van der Waals surface area (Å²) in [4.78, 5) is 25.1. The number of halogens is 3. The van der Waals surface area contributed by atoms with Gasteiger partial charge < -0.3 is 20.5 Å². The number of aromatic nitrogens is 3. The molecule has 0 radical (unpaired) electrons. The summed E-state index contributed by atoms with van der Waals surface area (Å²) in [7, 11) is 0. The zero-order valence-electron chi connectivity index (χ0n) is 21.2. The molecule has 0 bridgehead atoms.